The zero-order valence-electron chi connectivity index (χ0n) is 9.55. The van der Waals surface area contributed by atoms with Crippen LogP contribution in [0.3, 0.4) is 0 Å². The summed E-state index contributed by atoms with van der Waals surface area (Å²) in [5.41, 5.74) is 6.13. The highest BCUT2D eigenvalue weighted by Gasteiger charge is 2.29. The highest BCUT2D eigenvalue weighted by atomic mass is 19.1. The molecular formula is C12H12F2N4. The van der Waals surface area contributed by atoms with Crippen molar-refractivity contribution >= 4 is 0 Å². The van der Waals surface area contributed by atoms with Gasteiger partial charge in [0.15, 0.2) is 5.82 Å². The molecule has 4 nitrogen and oxygen atoms in total. The van der Waals surface area contributed by atoms with Gasteiger partial charge in [0.25, 0.3) is 0 Å². The van der Waals surface area contributed by atoms with Crippen molar-refractivity contribution in [3.63, 3.8) is 0 Å². The van der Waals surface area contributed by atoms with Gasteiger partial charge in [-0.25, -0.2) is 8.78 Å². The Bertz CT molecular complexity index is 581. The number of benzene rings is 1. The molecule has 0 radical (unpaired) electrons. The van der Waals surface area contributed by atoms with E-state index in [1.54, 1.807) is 22.8 Å². The second-order valence-corrected chi connectivity index (χ2v) is 4.41. The predicted molar refractivity (Wildman–Crippen MR) is 61.9 cm³/mol. The van der Waals surface area contributed by atoms with Crippen LogP contribution in [0.5, 0.6) is 0 Å². The fourth-order valence-corrected chi connectivity index (χ4v) is 2.26. The molecular weight excluding hydrogens is 238 g/mol. The minimum atomic E-state index is -1.05. The van der Waals surface area contributed by atoms with Gasteiger partial charge in [-0.1, -0.05) is 12.1 Å². The number of alkyl halides is 1. The molecule has 1 aliphatic heterocycles. The van der Waals surface area contributed by atoms with E-state index in [9.17, 15) is 8.78 Å². The molecule has 2 unspecified atom stereocenters. The first kappa shape index (κ1) is 11.3. The minimum absolute atomic E-state index is 0.125. The number of aromatic nitrogens is 3. The highest BCUT2D eigenvalue weighted by Crippen LogP contribution is 2.29. The van der Waals surface area contributed by atoms with Crippen molar-refractivity contribution in [1.82, 2.24) is 14.8 Å². The average Bonchev–Trinajstić information content (AvgIpc) is 2.73. The zero-order chi connectivity index (χ0) is 12.7. The van der Waals surface area contributed by atoms with Gasteiger partial charge in [-0.3, -0.25) is 0 Å². The van der Waals surface area contributed by atoms with E-state index >= 15 is 0 Å². The number of nitrogens with two attached hydrogens (primary N) is 1. The van der Waals surface area contributed by atoms with Gasteiger partial charge in [-0.15, -0.1) is 10.2 Å². The lowest BCUT2D eigenvalue weighted by atomic mass is 10.1. The molecule has 0 aliphatic carbocycles. The van der Waals surface area contributed by atoms with E-state index < -0.39 is 18.0 Å². The SMILES string of the molecule is NC1CC(F)Cn2c(-c3ccccc3F)nnc21. The molecule has 0 amide bonds. The van der Waals surface area contributed by atoms with E-state index in [2.05, 4.69) is 10.2 Å². The zero-order valence-corrected chi connectivity index (χ0v) is 9.55. The van der Waals surface area contributed by atoms with Crippen molar-refractivity contribution in [3.8, 4) is 11.4 Å². The molecule has 2 atom stereocenters. The van der Waals surface area contributed by atoms with E-state index in [1.807, 2.05) is 0 Å². The molecule has 1 aromatic carbocycles. The normalized spacial score (nSPS) is 22.8. The Hall–Kier alpha value is -1.82. The van der Waals surface area contributed by atoms with Crippen LogP contribution in [0.25, 0.3) is 11.4 Å². The van der Waals surface area contributed by atoms with Crippen LogP contribution in [0, 0.1) is 5.82 Å². The summed E-state index contributed by atoms with van der Waals surface area (Å²) < 4.78 is 28.8. The highest BCUT2D eigenvalue weighted by molar-refractivity contribution is 5.56. The standard InChI is InChI=1S/C12H12F2N4/c13-7-5-10(15)12-17-16-11(18(12)6-7)8-3-1-2-4-9(8)14/h1-4,7,10H,5-6,15H2. The topological polar surface area (TPSA) is 56.7 Å². The number of rotatable bonds is 1. The minimum Gasteiger partial charge on any atom is -0.321 e. The predicted octanol–water partition coefficient (Wildman–Crippen LogP) is 1.83. The molecule has 2 heterocycles. The number of hydrogen-bond acceptors (Lipinski definition) is 3. The van der Waals surface area contributed by atoms with E-state index in [0.717, 1.165) is 0 Å². The van der Waals surface area contributed by atoms with Gasteiger partial charge < -0.3 is 10.3 Å². The summed E-state index contributed by atoms with van der Waals surface area (Å²) in [7, 11) is 0. The maximum atomic E-state index is 13.7. The first-order valence-corrected chi connectivity index (χ1v) is 5.74. The molecule has 0 bridgehead atoms. The van der Waals surface area contributed by atoms with Crippen LogP contribution in [-0.2, 0) is 6.54 Å². The summed E-state index contributed by atoms with van der Waals surface area (Å²) in [6.45, 7) is 0.125. The van der Waals surface area contributed by atoms with E-state index in [-0.39, 0.29) is 13.0 Å². The maximum Gasteiger partial charge on any atom is 0.167 e. The molecule has 0 spiro atoms. The van der Waals surface area contributed by atoms with E-state index in [4.69, 9.17) is 5.73 Å². The lowest BCUT2D eigenvalue weighted by Crippen LogP contribution is -2.30. The third-order valence-corrected chi connectivity index (χ3v) is 3.12. The molecule has 0 saturated carbocycles. The van der Waals surface area contributed by atoms with Gasteiger partial charge in [-0.2, -0.15) is 0 Å². The molecule has 6 heteroatoms. The van der Waals surface area contributed by atoms with E-state index in [0.29, 0.717) is 17.2 Å². The average molecular weight is 250 g/mol. The Labute approximate surface area is 102 Å². The second kappa shape index (κ2) is 4.13. The first-order valence-electron chi connectivity index (χ1n) is 5.74. The maximum absolute atomic E-state index is 13.7. The van der Waals surface area contributed by atoms with Crippen molar-refractivity contribution in [1.29, 1.82) is 0 Å². The van der Waals surface area contributed by atoms with Crippen molar-refractivity contribution in [3.05, 3.63) is 35.9 Å². The third kappa shape index (κ3) is 1.69. The van der Waals surface area contributed by atoms with Crippen LogP contribution < -0.4 is 5.73 Å². The Morgan fingerprint density at radius 2 is 2.06 bits per heavy atom. The fourth-order valence-electron chi connectivity index (χ4n) is 2.26. The molecule has 2 N–H and O–H groups in total. The summed E-state index contributed by atoms with van der Waals surface area (Å²) in [4.78, 5) is 0. The number of fused-ring (bicyclic) bond motifs is 1. The van der Waals surface area contributed by atoms with Crippen LogP contribution in [0.4, 0.5) is 8.78 Å². The molecule has 94 valence electrons. The Balaban J connectivity index is 2.13. The molecule has 1 aromatic heterocycles. The van der Waals surface area contributed by atoms with Crippen LogP contribution in [0.15, 0.2) is 24.3 Å². The van der Waals surface area contributed by atoms with Gasteiger partial charge in [0.1, 0.15) is 17.8 Å². The van der Waals surface area contributed by atoms with Crippen molar-refractivity contribution < 1.29 is 8.78 Å². The molecule has 18 heavy (non-hydrogen) atoms. The molecule has 0 fully saturated rings. The first-order chi connectivity index (χ1) is 8.66. The fraction of sp³-hybridized carbons (Fsp3) is 0.333. The van der Waals surface area contributed by atoms with Gasteiger partial charge in [0.2, 0.25) is 0 Å². The van der Waals surface area contributed by atoms with Gasteiger partial charge in [0, 0.05) is 6.42 Å². The summed E-state index contributed by atoms with van der Waals surface area (Å²) in [6.07, 6.45) is -0.816. The van der Waals surface area contributed by atoms with E-state index in [1.165, 1.54) is 6.07 Å². The summed E-state index contributed by atoms with van der Waals surface area (Å²) in [5, 5.41) is 7.88. The van der Waals surface area contributed by atoms with Crippen LogP contribution >= 0.6 is 0 Å². The van der Waals surface area contributed by atoms with Gasteiger partial charge >= 0.3 is 0 Å². The molecule has 1 aliphatic rings. The van der Waals surface area contributed by atoms with Crippen LogP contribution in [0.2, 0.25) is 0 Å². The number of hydrogen-bond donors (Lipinski definition) is 1. The lowest BCUT2D eigenvalue weighted by molar-refractivity contribution is 0.231. The number of nitrogens with zero attached hydrogens (tertiary/aromatic N) is 3. The van der Waals surface area contributed by atoms with Gasteiger partial charge in [0.05, 0.1) is 18.2 Å². The Morgan fingerprint density at radius 3 is 2.83 bits per heavy atom. The van der Waals surface area contributed by atoms with Crippen molar-refractivity contribution in [2.24, 2.45) is 5.73 Å². The summed E-state index contributed by atoms with van der Waals surface area (Å²) in [5.74, 6) is 0.449. The molecule has 2 aromatic rings. The Kier molecular flexibility index (Phi) is 2.59. The van der Waals surface area contributed by atoms with Gasteiger partial charge in [-0.05, 0) is 12.1 Å². The molecule has 0 saturated heterocycles. The van der Waals surface area contributed by atoms with Crippen LogP contribution in [-0.4, -0.2) is 20.9 Å². The monoisotopic (exact) mass is 250 g/mol. The summed E-state index contributed by atoms with van der Waals surface area (Å²) in [6, 6.07) is 5.75. The van der Waals surface area contributed by atoms with Crippen molar-refractivity contribution in [2.75, 3.05) is 0 Å². The second-order valence-electron chi connectivity index (χ2n) is 4.41. The third-order valence-electron chi connectivity index (χ3n) is 3.12. The number of halogens is 2. The van der Waals surface area contributed by atoms with Crippen LogP contribution in [0.1, 0.15) is 18.3 Å². The largest absolute Gasteiger partial charge is 0.321 e. The summed E-state index contributed by atoms with van der Waals surface area (Å²) >= 11 is 0. The Morgan fingerprint density at radius 1 is 1.28 bits per heavy atom. The lowest BCUT2D eigenvalue weighted by Gasteiger charge is -2.23. The molecule has 3 rings (SSSR count). The quantitative estimate of drug-likeness (QED) is 0.840. The van der Waals surface area contributed by atoms with Crippen molar-refractivity contribution in [2.45, 2.75) is 25.2 Å². The smallest absolute Gasteiger partial charge is 0.167 e.